The third kappa shape index (κ3) is 1.50. The zero-order valence-electron chi connectivity index (χ0n) is 6.57. The van der Waals surface area contributed by atoms with Crippen molar-refractivity contribution in [3.63, 3.8) is 0 Å². The number of rotatable bonds is 1. The molecule has 0 atom stereocenters. The van der Waals surface area contributed by atoms with Gasteiger partial charge in [-0.3, -0.25) is 0 Å². The maximum absolute atomic E-state index is 5.89. The van der Waals surface area contributed by atoms with Crippen LogP contribution in [0.1, 0.15) is 0 Å². The molecular formula is C8H6ClN3S. The Kier molecular flexibility index (Phi) is 2.16. The molecule has 0 saturated carbocycles. The second-order valence-corrected chi connectivity index (χ2v) is 3.57. The lowest BCUT2D eigenvalue weighted by Gasteiger charge is -2.02. The van der Waals surface area contributed by atoms with Gasteiger partial charge in [-0.15, -0.1) is 0 Å². The number of nitrogens with two attached hydrogens (primary N) is 1. The molecule has 5 heteroatoms. The molecule has 0 spiro atoms. The largest absolute Gasteiger partial charge is 0.383 e. The van der Waals surface area contributed by atoms with E-state index < -0.39 is 0 Å². The van der Waals surface area contributed by atoms with Gasteiger partial charge in [-0.2, -0.15) is 11.3 Å². The second kappa shape index (κ2) is 3.32. The minimum atomic E-state index is 0.394. The summed E-state index contributed by atoms with van der Waals surface area (Å²) in [4.78, 5) is 7.76. The lowest BCUT2D eigenvalue weighted by molar-refractivity contribution is 1.18. The summed E-state index contributed by atoms with van der Waals surface area (Å²) in [6.45, 7) is 0. The van der Waals surface area contributed by atoms with Crippen molar-refractivity contribution in [2.75, 3.05) is 5.73 Å². The minimum absolute atomic E-state index is 0.394. The zero-order valence-corrected chi connectivity index (χ0v) is 8.14. The van der Waals surface area contributed by atoms with Gasteiger partial charge in [0.1, 0.15) is 17.3 Å². The van der Waals surface area contributed by atoms with E-state index in [2.05, 4.69) is 9.97 Å². The van der Waals surface area contributed by atoms with Gasteiger partial charge in [0.25, 0.3) is 0 Å². The van der Waals surface area contributed by atoms with Crippen LogP contribution in [0, 0.1) is 0 Å². The predicted octanol–water partition coefficient (Wildman–Crippen LogP) is 2.44. The topological polar surface area (TPSA) is 51.8 Å². The van der Waals surface area contributed by atoms with E-state index >= 15 is 0 Å². The van der Waals surface area contributed by atoms with Crippen LogP contribution in [0.4, 0.5) is 5.82 Å². The fourth-order valence-electron chi connectivity index (χ4n) is 1.05. The van der Waals surface area contributed by atoms with Crippen molar-refractivity contribution in [3.8, 4) is 11.1 Å². The number of nitrogen functional groups attached to an aromatic ring is 1. The summed E-state index contributed by atoms with van der Waals surface area (Å²) in [6.07, 6.45) is 1.35. The Bertz CT molecular complexity index is 393. The summed E-state index contributed by atoms with van der Waals surface area (Å²) < 4.78 is 0. The standard InChI is InChI=1S/C8H6ClN3S/c9-7-6(5-1-2-13-3-5)8(10)12-4-11-7/h1-4H,(H2,10,11,12). The van der Waals surface area contributed by atoms with Gasteiger partial charge in [-0.05, 0) is 22.4 Å². The first-order valence-corrected chi connectivity index (χ1v) is 4.89. The first-order valence-electron chi connectivity index (χ1n) is 3.57. The maximum Gasteiger partial charge on any atom is 0.142 e. The van der Waals surface area contributed by atoms with Crippen LogP contribution in [0.2, 0.25) is 5.15 Å². The molecule has 2 rings (SSSR count). The van der Waals surface area contributed by atoms with Gasteiger partial charge < -0.3 is 5.73 Å². The van der Waals surface area contributed by atoms with Gasteiger partial charge >= 0.3 is 0 Å². The van der Waals surface area contributed by atoms with Crippen LogP contribution >= 0.6 is 22.9 Å². The van der Waals surface area contributed by atoms with Crippen molar-refractivity contribution in [1.29, 1.82) is 0 Å². The monoisotopic (exact) mass is 211 g/mol. The molecule has 0 saturated heterocycles. The highest BCUT2D eigenvalue weighted by atomic mass is 35.5. The van der Waals surface area contributed by atoms with E-state index in [4.69, 9.17) is 17.3 Å². The van der Waals surface area contributed by atoms with Crippen LogP contribution in [-0.2, 0) is 0 Å². The van der Waals surface area contributed by atoms with Gasteiger partial charge in [0.05, 0.1) is 5.56 Å². The first kappa shape index (κ1) is 8.47. The van der Waals surface area contributed by atoms with Crippen LogP contribution in [0.25, 0.3) is 11.1 Å². The minimum Gasteiger partial charge on any atom is -0.383 e. The van der Waals surface area contributed by atoms with Crippen LogP contribution in [0.3, 0.4) is 0 Å². The Morgan fingerprint density at radius 2 is 2.23 bits per heavy atom. The lowest BCUT2D eigenvalue weighted by atomic mass is 10.2. The quantitative estimate of drug-likeness (QED) is 0.738. The summed E-state index contributed by atoms with van der Waals surface area (Å²) in [5, 5.41) is 4.31. The van der Waals surface area contributed by atoms with E-state index in [-0.39, 0.29) is 0 Å². The molecule has 2 N–H and O–H groups in total. The van der Waals surface area contributed by atoms with Gasteiger partial charge in [0, 0.05) is 0 Å². The molecule has 0 radical (unpaired) electrons. The SMILES string of the molecule is Nc1ncnc(Cl)c1-c1ccsc1. The van der Waals surface area contributed by atoms with Crippen LogP contribution in [-0.4, -0.2) is 9.97 Å². The number of halogens is 1. The lowest BCUT2D eigenvalue weighted by Crippen LogP contribution is -1.95. The van der Waals surface area contributed by atoms with Crippen molar-refractivity contribution in [3.05, 3.63) is 28.3 Å². The van der Waals surface area contributed by atoms with Crippen molar-refractivity contribution in [1.82, 2.24) is 9.97 Å². The van der Waals surface area contributed by atoms with Gasteiger partial charge in [0.2, 0.25) is 0 Å². The molecule has 0 aliphatic carbocycles. The smallest absolute Gasteiger partial charge is 0.142 e. The van der Waals surface area contributed by atoms with Crippen LogP contribution in [0.15, 0.2) is 23.2 Å². The van der Waals surface area contributed by atoms with E-state index in [0.29, 0.717) is 16.5 Å². The molecule has 0 bridgehead atoms. The van der Waals surface area contributed by atoms with Crippen molar-refractivity contribution >= 4 is 28.8 Å². The number of thiophene rings is 1. The number of nitrogens with zero attached hydrogens (tertiary/aromatic N) is 2. The maximum atomic E-state index is 5.89. The van der Waals surface area contributed by atoms with E-state index in [1.54, 1.807) is 11.3 Å². The van der Waals surface area contributed by atoms with Crippen molar-refractivity contribution in [2.24, 2.45) is 0 Å². The van der Waals surface area contributed by atoms with Gasteiger partial charge in [0.15, 0.2) is 0 Å². The molecule has 0 aromatic carbocycles. The molecule has 2 aromatic rings. The number of anilines is 1. The summed E-state index contributed by atoms with van der Waals surface area (Å²) in [6, 6.07) is 1.94. The summed E-state index contributed by atoms with van der Waals surface area (Å²) in [7, 11) is 0. The molecule has 3 nitrogen and oxygen atoms in total. The second-order valence-electron chi connectivity index (χ2n) is 2.44. The summed E-state index contributed by atoms with van der Waals surface area (Å²) >= 11 is 7.48. The first-order chi connectivity index (χ1) is 6.29. The van der Waals surface area contributed by atoms with Crippen LogP contribution in [0.5, 0.6) is 0 Å². The van der Waals surface area contributed by atoms with Gasteiger partial charge in [-0.25, -0.2) is 9.97 Å². The molecule has 0 unspecified atom stereocenters. The molecule has 66 valence electrons. The molecular weight excluding hydrogens is 206 g/mol. The molecule has 0 fully saturated rings. The number of aromatic nitrogens is 2. The summed E-state index contributed by atoms with van der Waals surface area (Å²) in [5.74, 6) is 0.415. The zero-order chi connectivity index (χ0) is 9.26. The van der Waals surface area contributed by atoms with E-state index in [1.165, 1.54) is 6.33 Å². The third-order valence-corrected chi connectivity index (χ3v) is 2.61. The molecule has 0 amide bonds. The highest BCUT2D eigenvalue weighted by molar-refractivity contribution is 7.08. The third-order valence-electron chi connectivity index (χ3n) is 1.64. The Labute approximate surface area is 84.2 Å². The Balaban J connectivity index is 2.64. The molecule has 0 aliphatic rings. The molecule has 2 heterocycles. The van der Waals surface area contributed by atoms with E-state index in [9.17, 15) is 0 Å². The predicted molar refractivity (Wildman–Crippen MR) is 54.8 cm³/mol. The molecule has 0 aliphatic heterocycles. The Morgan fingerprint density at radius 1 is 1.38 bits per heavy atom. The Morgan fingerprint density at radius 3 is 2.85 bits per heavy atom. The molecule has 2 aromatic heterocycles. The molecule has 13 heavy (non-hydrogen) atoms. The number of hydrogen-bond donors (Lipinski definition) is 1. The van der Waals surface area contributed by atoms with E-state index in [0.717, 1.165) is 5.56 Å². The fraction of sp³-hybridized carbons (Fsp3) is 0. The summed E-state index contributed by atoms with van der Waals surface area (Å²) in [5.41, 5.74) is 7.36. The van der Waals surface area contributed by atoms with Crippen molar-refractivity contribution < 1.29 is 0 Å². The fourth-order valence-corrected chi connectivity index (χ4v) is 1.95. The highest BCUT2D eigenvalue weighted by Gasteiger charge is 2.09. The van der Waals surface area contributed by atoms with Gasteiger partial charge in [-0.1, -0.05) is 11.6 Å². The number of hydrogen-bond acceptors (Lipinski definition) is 4. The highest BCUT2D eigenvalue weighted by Crippen LogP contribution is 2.31. The van der Waals surface area contributed by atoms with Crippen LogP contribution < -0.4 is 5.73 Å². The average molecular weight is 212 g/mol. The normalized spacial score (nSPS) is 10.2. The van der Waals surface area contributed by atoms with E-state index in [1.807, 2.05) is 16.8 Å². The Hall–Kier alpha value is -1.13. The average Bonchev–Trinajstić information content (AvgIpc) is 2.57. The van der Waals surface area contributed by atoms with Crippen molar-refractivity contribution in [2.45, 2.75) is 0 Å².